The van der Waals surface area contributed by atoms with Crippen LogP contribution in [0.5, 0.6) is 0 Å². The zero-order chi connectivity index (χ0) is 21.3. The van der Waals surface area contributed by atoms with Gasteiger partial charge in [0.2, 0.25) is 0 Å². The molecule has 162 valence electrons. The highest BCUT2D eigenvalue weighted by Gasteiger charge is 2.22. The number of aliphatic hydroxyl groups excluding tert-OH is 1. The Hall–Kier alpha value is -2.71. The molecule has 0 aliphatic carbocycles. The number of carbonyl (C=O) groups is 1. The number of amides is 1. The Morgan fingerprint density at radius 3 is 2.87 bits per heavy atom. The first-order valence-electron chi connectivity index (χ1n) is 10.5. The van der Waals surface area contributed by atoms with Gasteiger partial charge in [0.25, 0.3) is 5.91 Å². The Bertz CT molecular complexity index is 830. The molecule has 8 heteroatoms. The number of nitrogens with zero attached hydrogens (tertiary/aromatic N) is 5. The molecular formula is C22H32N6O2. The molecular weight excluding hydrogens is 380 g/mol. The van der Waals surface area contributed by atoms with Crippen molar-refractivity contribution in [3.63, 3.8) is 0 Å². The molecule has 1 fully saturated rings. The summed E-state index contributed by atoms with van der Waals surface area (Å²) in [5.74, 6) is -0.245. The van der Waals surface area contributed by atoms with E-state index >= 15 is 0 Å². The topological polar surface area (TPSA) is 86.5 Å². The molecule has 1 saturated heterocycles. The fourth-order valence-electron chi connectivity index (χ4n) is 3.57. The van der Waals surface area contributed by atoms with Gasteiger partial charge in [-0.25, -0.2) is 4.68 Å². The fourth-order valence-corrected chi connectivity index (χ4v) is 3.57. The summed E-state index contributed by atoms with van der Waals surface area (Å²) >= 11 is 0. The van der Waals surface area contributed by atoms with E-state index in [-0.39, 0.29) is 18.6 Å². The van der Waals surface area contributed by atoms with Crippen LogP contribution in [0.25, 0.3) is 6.08 Å². The second-order valence-electron chi connectivity index (χ2n) is 7.86. The van der Waals surface area contributed by atoms with Gasteiger partial charge in [0.05, 0.1) is 12.2 Å². The molecule has 1 amide bonds. The van der Waals surface area contributed by atoms with E-state index in [1.54, 1.807) is 6.20 Å². The Morgan fingerprint density at radius 2 is 2.13 bits per heavy atom. The molecule has 2 N–H and O–H groups in total. The molecule has 1 atom stereocenters. The fraction of sp³-hybridized carbons (Fsp3) is 0.500. The first-order valence-corrected chi connectivity index (χ1v) is 10.5. The molecule has 1 aliphatic heterocycles. The van der Waals surface area contributed by atoms with E-state index in [0.717, 1.165) is 32.5 Å². The van der Waals surface area contributed by atoms with Crippen molar-refractivity contribution in [2.24, 2.45) is 0 Å². The number of anilines is 1. The quantitative estimate of drug-likeness (QED) is 0.611. The molecule has 8 nitrogen and oxygen atoms in total. The van der Waals surface area contributed by atoms with Crippen LogP contribution in [0.2, 0.25) is 0 Å². The maximum atomic E-state index is 12.1. The number of rotatable bonds is 9. The van der Waals surface area contributed by atoms with Crippen molar-refractivity contribution < 1.29 is 9.90 Å². The van der Waals surface area contributed by atoms with Gasteiger partial charge in [-0.2, -0.15) is 0 Å². The molecule has 0 bridgehead atoms. The molecule has 1 aromatic heterocycles. The number of aliphatic hydroxyl groups is 1. The van der Waals surface area contributed by atoms with Crippen molar-refractivity contribution >= 4 is 17.7 Å². The van der Waals surface area contributed by atoms with Crippen molar-refractivity contribution in [2.75, 3.05) is 51.8 Å². The summed E-state index contributed by atoms with van der Waals surface area (Å²) in [4.78, 5) is 16.6. The lowest BCUT2D eigenvalue weighted by atomic mass is 10.1. The summed E-state index contributed by atoms with van der Waals surface area (Å²) in [5, 5.41) is 19.8. The van der Waals surface area contributed by atoms with Crippen molar-refractivity contribution in [2.45, 2.75) is 25.3 Å². The smallest absolute Gasteiger partial charge is 0.273 e. The van der Waals surface area contributed by atoms with Crippen LogP contribution in [0.4, 0.5) is 5.69 Å². The molecule has 0 saturated carbocycles. The minimum absolute atomic E-state index is 0.0563. The summed E-state index contributed by atoms with van der Waals surface area (Å²) in [6.07, 6.45) is 8.74. The highest BCUT2D eigenvalue weighted by molar-refractivity contribution is 5.91. The molecule has 0 spiro atoms. The third-order valence-corrected chi connectivity index (χ3v) is 5.30. The summed E-state index contributed by atoms with van der Waals surface area (Å²) in [6.45, 7) is 3.32. The van der Waals surface area contributed by atoms with Crippen LogP contribution in [0.15, 0.2) is 36.5 Å². The molecule has 1 aromatic carbocycles. The SMILES string of the molecule is CN(C)c1ccc(/C=C/CN2CCCC(n3cc(C(=O)NCCCO)nn3)C2)cc1. The Morgan fingerprint density at radius 1 is 1.33 bits per heavy atom. The average molecular weight is 413 g/mol. The molecule has 0 radical (unpaired) electrons. The van der Waals surface area contributed by atoms with Crippen LogP contribution < -0.4 is 10.2 Å². The Labute approximate surface area is 178 Å². The largest absolute Gasteiger partial charge is 0.396 e. The summed E-state index contributed by atoms with van der Waals surface area (Å²) in [7, 11) is 4.08. The van der Waals surface area contributed by atoms with Gasteiger partial charge in [-0.1, -0.05) is 29.5 Å². The van der Waals surface area contributed by atoms with Crippen LogP contribution in [0.1, 0.15) is 41.4 Å². The number of hydrogen-bond donors (Lipinski definition) is 2. The van der Waals surface area contributed by atoms with E-state index in [1.165, 1.54) is 11.3 Å². The Balaban J connectivity index is 1.51. The van der Waals surface area contributed by atoms with Gasteiger partial charge in [-0.15, -0.1) is 5.10 Å². The van der Waals surface area contributed by atoms with E-state index in [9.17, 15) is 4.79 Å². The minimum atomic E-state index is -0.245. The maximum Gasteiger partial charge on any atom is 0.273 e. The predicted octanol–water partition coefficient (Wildman–Crippen LogP) is 1.81. The van der Waals surface area contributed by atoms with Crippen LogP contribution in [-0.2, 0) is 0 Å². The molecule has 1 aliphatic rings. The monoisotopic (exact) mass is 412 g/mol. The molecule has 2 heterocycles. The van der Waals surface area contributed by atoms with E-state index < -0.39 is 0 Å². The van der Waals surface area contributed by atoms with Crippen molar-refractivity contribution in [3.8, 4) is 0 Å². The van der Waals surface area contributed by atoms with E-state index in [2.05, 4.69) is 61.8 Å². The number of aromatic nitrogens is 3. The van der Waals surface area contributed by atoms with Crippen LogP contribution >= 0.6 is 0 Å². The normalized spacial score (nSPS) is 17.4. The predicted molar refractivity (Wildman–Crippen MR) is 119 cm³/mol. The highest BCUT2D eigenvalue weighted by atomic mass is 16.3. The third-order valence-electron chi connectivity index (χ3n) is 5.30. The van der Waals surface area contributed by atoms with Crippen LogP contribution in [0.3, 0.4) is 0 Å². The summed E-state index contributed by atoms with van der Waals surface area (Å²) in [5.41, 5.74) is 2.72. The van der Waals surface area contributed by atoms with Gasteiger partial charge in [0, 0.05) is 46.0 Å². The van der Waals surface area contributed by atoms with Gasteiger partial charge in [-0.05, 0) is 43.5 Å². The van der Waals surface area contributed by atoms with E-state index in [1.807, 2.05) is 18.8 Å². The first-order chi connectivity index (χ1) is 14.6. The third kappa shape index (κ3) is 6.14. The highest BCUT2D eigenvalue weighted by Crippen LogP contribution is 2.21. The number of hydrogen-bond acceptors (Lipinski definition) is 6. The van der Waals surface area contributed by atoms with Gasteiger partial charge >= 0.3 is 0 Å². The van der Waals surface area contributed by atoms with Gasteiger partial charge in [0.15, 0.2) is 5.69 Å². The molecule has 30 heavy (non-hydrogen) atoms. The zero-order valence-electron chi connectivity index (χ0n) is 17.9. The van der Waals surface area contributed by atoms with Crippen LogP contribution in [0, 0.1) is 0 Å². The van der Waals surface area contributed by atoms with Crippen molar-refractivity contribution in [1.29, 1.82) is 0 Å². The summed E-state index contributed by atoms with van der Waals surface area (Å²) < 4.78 is 1.82. The van der Waals surface area contributed by atoms with E-state index in [0.29, 0.717) is 18.7 Å². The molecule has 1 unspecified atom stereocenters. The number of nitrogens with one attached hydrogen (secondary N) is 1. The standard InChI is InChI=1S/C22H32N6O2/c1-26(2)19-10-8-18(9-11-19)6-3-13-27-14-4-7-20(16-27)28-17-21(24-25-28)22(30)23-12-5-15-29/h3,6,8-11,17,20,29H,4-5,7,12-16H2,1-2H3,(H,23,30)/b6-3+. The maximum absolute atomic E-state index is 12.1. The minimum Gasteiger partial charge on any atom is -0.396 e. The van der Waals surface area contributed by atoms with Gasteiger partial charge < -0.3 is 15.3 Å². The zero-order valence-corrected chi connectivity index (χ0v) is 17.9. The molecule has 2 aromatic rings. The average Bonchev–Trinajstić information content (AvgIpc) is 3.25. The van der Waals surface area contributed by atoms with E-state index in [4.69, 9.17) is 5.11 Å². The van der Waals surface area contributed by atoms with Crippen molar-refractivity contribution in [3.05, 3.63) is 47.8 Å². The lowest BCUT2D eigenvalue weighted by Gasteiger charge is -2.31. The van der Waals surface area contributed by atoms with Crippen LogP contribution in [-0.4, -0.2) is 77.8 Å². The lowest BCUT2D eigenvalue weighted by Crippen LogP contribution is -2.36. The Kier molecular flexibility index (Phi) is 7.98. The number of likely N-dealkylation sites (tertiary alicyclic amines) is 1. The van der Waals surface area contributed by atoms with Crippen molar-refractivity contribution in [1.82, 2.24) is 25.2 Å². The second kappa shape index (κ2) is 10.9. The number of carbonyl (C=O) groups excluding carboxylic acids is 1. The second-order valence-corrected chi connectivity index (χ2v) is 7.86. The number of piperidine rings is 1. The first kappa shape index (κ1) is 22.0. The number of benzene rings is 1. The van der Waals surface area contributed by atoms with Gasteiger partial charge in [-0.3, -0.25) is 9.69 Å². The molecule has 3 rings (SSSR count). The van der Waals surface area contributed by atoms with Gasteiger partial charge in [0.1, 0.15) is 0 Å². The summed E-state index contributed by atoms with van der Waals surface area (Å²) in [6, 6.07) is 8.73. The lowest BCUT2D eigenvalue weighted by molar-refractivity contribution is 0.0946.